The van der Waals surface area contributed by atoms with Gasteiger partial charge < -0.3 is 4.74 Å². The van der Waals surface area contributed by atoms with Crippen LogP contribution in [0.3, 0.4) is 0 Å². The van der Waals surface area contributed by atoms with Gasteiger partial charge in [0.15, 0.2) is 0 Å². The molecule has 0 amide bonds. The van der Waals surface area contributed by atoms with Crippen LogP contribution < -0.4 is 0 Å². The van der Waals surface area contributed by atoms with E-state index in [1.165, 1.54) is 5.57 Å². The van der Waals surface area contributed by atoms with Gasteiger partial charge in [0.25, 0.3) is 0 Å². The van der Waals surface area contributed by atoms with E-state index in [0.717, 1.165) is 13.0 Å². The fourth-order valence-electron chi connectivity index (χ4n) is 0.466. The zero-order chi connectivity index (χ0) is 7.98. The highest BCUT2D eigenvalue weighted by Crippen LogP contribution is 1.99. The largest absolute Gasteiger partial charge is 0.501 e. The highest BCUT2D eigenvalue weighted by Gasteiger charge is 1.90. The normalized spacial score (nSPS) is 12.3. The maximum absolute atomic E-state index is 5.29. The van der Waals surface area contributed by atoms with Crippen molar-refractivity contribution in [1.82, 2.24) is 0 Å². The summed E-state index contributed by atoms with van der Waals surface area (Å²) < 4.78 is 5.29. The molecule has 0 heterocycles. The van der Waals surface area contributed by atoms with Gasteiger partial charge in [-0.3, -0.25) is 0 Å². The van der Waals surface area contributed by atoms with E-state index in [4.69, 9.17) is 4.74 Å². The molecule has 0 bridgehead atoms. The molecule has 0 aliphatic heterocycles. The smallest absolute Gasteiger partial charge is 0.0896 e. The van der Waals surface area contributed by atoms with Crippen LogP contribution in [0.4, 0.5) is 0 Å². The van der Waals surface area contributed by atoms with Gasteiger partial charge in [0.2, 0.25) is 0 Å². The maximum Gasteiger partial charge on any atom is 0.0896 e. The Hall–Kier alpha value is -0.460. The molecule has 0 aliphatic rings. The van der Waals surface area contributed by atoms with Gasteiger partial charge in [-0.1, -0.05) is 20.8 Å². The average Bonchev–Trinajstić information content (AvgIpc) is 1.87. The van der Waals surface area contributed by atoms with Gasteiger partial charge in [-0.2, -0.15) is 0 Å². The molecule has 0 spiro atoms. The Morgan fingerprint density at radius 2 is 2.10 bits per heavy atom. The predicted octanol–water partition coefficient (Wildman–Crippen LogP) is 2.97. The second-order valence-corrected chi connectivity index (χ2v) is 3.04. The summed E-state index contributed by atoms with van der Waals surface area (Å²) in [5.41, 5.74) is 1.31. The zero-order valence-electron chi connectivity index (χ0n) is 7.48. The lowest BCUT2D eigenvalue weighted by molar-refractivity contribution is 0.208. The van der Waals surface area contributed by atoms with Crippen LogP contribution in [0.25, 0.3) is 0 Å². The van der Waals surface area contributed by atoms with Crippen molar-refractivity contribution < 1.29 is 4.74 Å². The number of rotatable bonds is 4. The molecule has 0 unspecified atom stereocenters. The zero-order valence-corrected chi connectivity index (χ0v) is 7.48. The van der Waals surface area contributed by atoms with E-state index >= 15 is 0 Å². The lowest BCUT2D eigenvalue weighted by atomic mass is 10.2. The molecule has 0 aromatic carbocycles. The molecule has 0 aromatic heterocycles. The van der Waals surface area contributed by atoms with Crippen molar-refractivity contribution in [2.24, 2.45) is 5.92 Å². The van der Waals surface area contributed by atoms with Crippen molar-refractivity contribution in [3.05, 3.63) is 11.8 Å². The van der Waals surface area contributed by atoms with E-state index in [-0.39, 0.29) is 0 Å². The summed E-state index contributed by atoms with van der Waals surface area (Å²) >= 11 is 0. The molecule has 0 saturated carbocycles. The van der Waals surface area contributed by atoms with E-state index in [0.29, 0.717) is 5.92 Å². The van der Waals surface area contributed by atoms with Crippen LogP contribution >= 0.6 is 0 Å². The van der Waals surface area contributed by atoms with Crippen LogP contribution in [-0.2, 0) is 4.74 Å². The third-order valence-electron chi connectivity index (χ3n) is 1.27. The van der Waals surface area contributed by atoms with Gasteiger partial charge >= 0.3 is 0 Å². The lowest BCUT2D eigenvalue weighted by Gasteiger charge is -2.04. The second kappa shape index (κ2) is 5.33. The van der Waals surface area contributed by atoms with Crippen LogP contribution in [-0.4, -0.2) is 6.61 Å². The van der Waals surface area contributed by atoms with Gasteiger partial charge in [-0.05, 0) is 24.8 Å². The molecule has 10 heavy (non-hydrogen) atoms. The Morgan fingerprint density at radius 3 is 2.50 bits per heavy atom. The fraction of sp³-hybridized carbons (Fsp3) is 0.778. The van der Waals surface area contributed by atoms with Crippen molar-refractivity contribution in [2.45, 2.75) is 34.1 Å². The van der Waals surface area contributed by atoms with E-state index in [2.05, 4.69) is 27.7 Å². The fourth-order valence-corrected chi connectivity index (χ4v) is 0.466. The summed E-state index contributed by atoms with van der Waals surface area (Å²) in [5, 5.41) is 0. The van der Waals surface area contributed by atoms with Gasteiger partial charge in [0.1, 0.15) is 0 Å². The molecule has 0 aliphatic carbocycles. The topological polar surface area (TPSA) is 9.23 Å². The third kappa shape index (κ3) is 5.67. The van der Waals surface area contributed by atoms with E-state index in [9.17, 15) is 0 Å². The van der Waals surface area contributed by atoms with Gasteiger partial charge in [-0.25, -0.2) is 0 Å². The van der Waals surface area contributed by atoms with Gasteiger partial charge in [-0.15, -0.1) is 0 Å². The standard InChI is InChI=1S/C9H18O/c1-5-9(4)7-10-6-8(2)3/h7-8H,5-6H2,1-4H3/b9-7+. The third-order valence-corrected chi connectivity index (χ3v) is 1.27. The first-order valence-electron chi connectivity index (χ1n) is 3.94. The molecule has 0 aromatic rings. The quantitative estimate of drug-likeness (QED) is 0.548. The molecule has 1 heteroatoms. The molecule has 60 valence electrons. The van der Waals surface area contributed by atoms with Crippen LogP contribution in [0.1, 0.15) is 34.1 Å². The van der Waals surface area contributed by atoms with Crippen molar-refractivity contribution >= 4 is 0 Å². The minimum Gasteiger partial charge on any atom is -0.501 e. The van der Waals surface area contributed by atoms with Crippen LogP contribution in [0.5, 0.6) is 0 Å². The number of hydrogen-bond acceptors (Lipinski definition) is 1. The average molecular weight is 142 g/mol. The van der Waals surface area contributed by atoms with Crippen LogP contribution in [0.15, 0.2) is 11.8 Å². The first-order valence-corrected chi connectivity index (χ1v) is 3.94. The molecule has 0 fully saturated rings. The van der Waals surface area contributed by atoms with Crippen molar-refractivity contribution in [1.29, 1.82) is 0 Å². The maximum atomic E-state index is 5.29. The minimum absolute atomic E-state index is 0.626. The van der Waals surface area contributed by atoms with E-state index in [1.54, 1.807) is 0 Å². The Kier molecular flexibility index (Phi) is 5.09. The monoisotopic (exact) mass is 142 g/mol. The first kappa shape index (κ1) is 9.54. The Morgan fingerprint density at radius 1 is 1.50 bits per heavy atom. The predicted molar refractivity (Wildman–Crippen MR) is 44.8 cm³/mol. The van der Waals surface area contributed by atoms with Gasteiger partial charge in [0.05, 0.1) is 12.9 Å². The summed E-state index contributed by atoms with van der Waals surface area (Å²) in [5.74, 6) is 0.626. The summed E-state index contributed by atoms with van der Waals surface area (Å²) in [6.45, 7) is 9.34. The lowest BCUT2D eigenvalue weighted by Crippen LogP contribution is -1.96. The molecule has 0 rings (SSSR count). The molecule has 0 saturated heterocycles. The Bertz CT molecular complexity index is 103. The summed E-state index contributed by atoms with van der Waals surface area (Å²) in [7, 11) is 0. The molecular weight excluding hydrogens is 124 g/mol. The van der Waals surface area contributed by atoms with Crippen molar-refractivity contribution in [3.63, 3.8) is 0 Å². The summed E-state index contributed by atoms with van der Waals surface area (Å²) in [6, 6.07) is 0. The highest BCUT2D eigenvalue weighted by molar-refractivity contribution is 4.90. The van der Waals surface area contributed by atoms with Gasteiger partial charge in [0, 0.05) is 0 Å². The number of hydrogen-bond donors (Lipinski definition) is 0. The molecule has 1 nitrogen and oxygen atoms in total. The SMILES string of the molecule is CC/C(C)=C/OCC(C)C. The van der Waals surface area contributed by atoms with Crippen LogP contribution in [0.2, 0.25) is 0 Å². The summed E-state index contributed by atoms with van der Waals surface area (Å²) in [6.07, 6.45) is 2.94. The molecule has 0 N–H and O–H groups in total. The molecule has 0 radical (unpaired) electrons. The first-order chi connectivity index (χ1) is 4.66. The van der Waals surface area contributed by atoms with Crippen molar-refractivity contribution in [3.8, 4) is 0 Å². The number of allylic oxidation sites excluding steroid dienone is 1. The Balaban J connectivity index is 3.34. The molecular formula is C9H18O. The second-order valence-electron chi connectivity index (χ2n) is 3.04. The Labute approximate surface area is 64.1 Å². The molecule has 0 atom stereocenters. The minimum atomic E-state index is 0.626. The van der Waals surface area contributed by atoms with E-state index < -0.39 is 0 Å². The number of ether oxygens (including phenoxy) is 1. The van der Waals surface area contributed by atoms with Crippen LogP contribution in [0, 0.1) is 5.92 Å². The van der Waals surface area contributed by atoms with Crippen molar-refractivity contribution in [2.75, 3.05) is 6.61 Å². The highest BCUT2D eigenvalue weighted by atomic mass is 16.5. The summed E-state index contributed by atoms with van der Waals surface area (Å²) in [4.78, 5) is 0. The van der Waals surface area contributed by atoms with E-state index in [1.807, 2.05) is 6.26 Å².